The monoisotopic (exact) mass is 451 g/mol. The number of aryl methyl sites for hydroxylation is 1. The zero-order valence-corrected chi connectivity index (χ0v) is 20.5. The van der Waals surface area contributed by atoms with Gasteiger partial charge in [-0.3, -0.25) is 0 Å². The van der Waals surface area contributed by atoms with Gasteiger partial charge in [0, 0.05) is 37.8 Å². The SMILES string of the molecule is CCC[C@H](C)Nc1nc(N)c2ncc(Cc3cnc(N4CCC(N(C)C)CC4)c(C)c3)n2n1. The Kier molecular flexibility index (Phi) is 6.97. The minimum absolute atomic E-state index is 0.279. The van der Waals surface area contributed by atoms with Gasteiger partial charge in [-0.2, -0.15) is 4.98 Å². The highest BCUT2D eigenvalue weighted by atomic mass is 15.3. The maximum Gasteiger partial charge on any atom is 0.243 e. The summed E-state index contributed by atoms with van der Waals surface area (Å²) < 4.78 is 1.80. The number of rotatable bonds is 8. The summed E-state index contributed by atoms with van der Waals surface area (Å²) >= 11 is 0. The number of anilines is 3. The Morgan fingerprint density at radius 3 is 2.64 bits per heavy atom. The van der Waals surface area contributed by atoms with Gasteiger partial charge in [-0.1, -0.05) is 19.4 Å². The number of fused-ring (bicyclic) bond motifs is 1. The quantitative estimate of drug-likeness (QED) is 0.539. The zero-order valence-electron chi connectivity index (χ0n) is 20.5. The molecule has 0 aromatic carbocycles. The molecule has 1 aliphatic heterocycles. The number of nitrogens with one attached hydrogen (secondary N) is 1. The van der Waals surface area contributed by atoms with Gasteiger partial charge in [-0.15, -0.1) is 5.10 Å². The number of pyridine rings is 1. The molecule has 33 heavy (non-hydrogen) atoms. The molecule has 3 aromatic rings. The van der Waals surface area contributed by atoms with E-state index in [-0.39, 0.29) is 6.04 Å². The molecule has 1 saturated heterocycles. The fourth-order valence-corrected chi connectivity index (χ4v) is 4.71. The molecule has 0 radical (unpaired) electrons. The van der Waals surface area contributed by atoms with E-state index in [1.165, 1.54) is 18.4 Å². The molecule has 0 spiro atoms. The Morgan fingerprint density at radius 1 is 1.21 bits per heavy atom. The third-order valence-electron chi connectivity index (χ3n) is 6.54. The summed E-state index contributed by atoms with van der Waals surface area (Å²) in [6, 6.07) is 3.17. The number of aromatic nitrogens is 5. The van der Waals surface area contributed by atoms with Crippen LogP contribution >= 0.6 is 0 Å². The second kappa shape index (κ2) is 9.91. The summed E-state index contributed by atoms with van der Waals surface area (Å²) in [6.45, 7) is 8.53. The highest BCUT2D eigenvalue weighted by molar-refractivity contribution is 5.61. The van der Waals surface area contributed by atoms with Crippen molar-refractivity contribution in [2.45, 2.75) is 65.0 Å². The predicted molar refractivity (Wildman–Crippen MR) is 134 cm³/mol. The van der Waals surface area contributed by atoms with Crippen LogP contribution in [0.4, 0.5) is 17.6 Å². The van der Waals surface area contributed by atoms with Crippen LogP contribution in [0.1, 0.15) is 56.4 Å². The number of nitrogen functional groups attached to an aromatic ring is 1. The zero-order chi connectivity index (χ0) is 23.5. The maximum atomic E-state index is 6.17. The van der Waals surface area contributed by atoms with E-state index in [4.69, 9.17) is 10.7 Å². The van der Waals surface area contributed by atoms with E-state index in [2.05, 4.69) is 71.1 Å². The molecular formula is C24H37N9. The lowest BCUT2D eigenvalue weighted by Gasteiger charge is -2.36. The molecule has 0 bridgehead atoms. The summed E-state index contributed by atoms with van der Waals surface area (Å²) in [7, 11) is 4.34. The van der Waals surface area contributed by atoms with E-state index < -0.39 is 0 Å². The Bertz CT molecular complexity index is 1080. The molecule has 4 heterocycles. The van der Waals surface area contributed by atoms with Gasteiger partial charge >= 0.3 is 0 Å². The van der Waals surface area contributed by atoms with Crippen molar-refractivity contribution >= 4 is 23.2 Å². The van der Waals surface area contributed by atoms with Crippen LogP contribution in [0.25, 0.3) is 5.65 Å². The van der Waals surface area contributed by atoms with Crippen molar-refractivity contribution in [1.82, 2.24) is 29.5 Å². The first kappa shape index (κ1) is 23.2. The number of imidazole rings is 1. The van der Waals surface area contributed by atoms with Crippen LogP contribution in [0, 0.1) is 6.92 Å². The minimum atomic E-state index is 0.279. The molecule has 4 rings (SSSR count). The predicted octanol–water partition coefficient (Wildman–Crippen LogP) is 3.13. The van der Waals surface area contributed by atoms with Crippen LogP contribution in [0.2, 0.25) is 0 Å². The van der Waals surface area contributed by atoms with Crippen LogP contribution in [-0.2, 0) is 6.42 Å². The van der Waals surface area contributed by atoms with Crippen molar-refractivity contribution in [2.75, 3.05) is 43.1 Å². The summed E-state index contributed by atoms with van der Waals surface area (Å²) in [6.07, 6.45) is 8.97. The van der Waals surface area contributed by atoms with Crippen molar-refractivity contribution < 1.29 is 0 Å². The van der Waals surface area contributed by atoms with Gasteiger partial charge in [0.2, 0.25) is 5.95 Å². The molecular weight excluding hydrogens is 414 g/mol. The van der Waals surface area contributed by atoms with Gasteiger partial charge in [-0.25, -0.2) is 14.5 Å². The number of piperidine rings is 1. The third kappa shape index (κ3) is 5.19. The molecule has 9 heteroatoms. The van der Waals surface area contributed by atoms with E-state index in [9.17, 15) is 0 Å². The van der Waals surface area contributed by atoms with E-state index in [1.807, 2.05) is 12.4 Å². The van der Waals surface area contributed by atoms with E-state index in [0.29, 0.717) is 29.9 Å². The Hall–Kier alpha value is -2.94. The first-order valence-corrected chi connectivity index (χ1v) is 12.0. The fourth-order valence-electron chi connectivity index (χ4n) is 4.71. The van der Waals surface area contributed by atoms with Crippen LogP contribution < -0.4 is 16.0 Å². The van der Waals surface area contributed by atoms with Crippen LogP contribution in [0.15, 0.2) is 18.5 Å². The standard InChI is InChI=1S/C24H37N9/c1-6-7-17(3)28-24-29-21(25)23-27-15-20(33(23)30-24)13-18-12-16(2)22(26-14-18)32-10-8-19(9-11-32)31(4)5/h12,14-15,17,19H,6-11,13H2,1-5H3,(H3,25,28,29,30)/t17-/m0/s1. The number of hydrogen-bond acceptors (Lipinski definition) is 8. The second-order valence-corrected chi connectivity index (χ2v) is 9.48. The van der Waals surface area contributed by atoms with Crippen LogP contribution in [0.5, 0.6) is 0 Å². The number of nitrogens with zero attached hydrogens (tertiary/aromatic N) is 7. The highest BCUT2D eigenvalue weighted by Crippen LogP contribution is 2.25. The van der Waals surface area contributed by atoms with E-state index in [0.717, 1.165) is 43.0 Å². The summed E-state index contributed by atoms with van der Waals surface area (Å²) in [5, 5.41) is 8.02. The summed E-state index contributed by atoms with van der Waals surface area (Å²) in [5.74, 6) is 2.01. The molecule has 0 saturated carbocycles. The minimum Gasteiger partial charge on any atom is -0.380 e. The smallest absolute Gasteiger partial charge is 0.243 e. The molecule has 1 fully saturated rings. The molecule has 9 nitrogen and oxygen atoms in total. The average molecular weight is 452 g/mol. The largest absolute Gasteiger partial charge is 0.380 e. The molecule has 1 atom stereocenters. The van der Waals surface area contributed by atoms with Crippen LogP contribution in [-0.4, -0.2) is 68.7 Å². The van der Waals surface area contributed by atoms with Crippen molar-refractivity contribution in [3.63, 3.8) is 0 Å². The second-order valence-electron chi connectivity index (χ2n) is 9.48. The Labute approximate surface area is 196 Å². The molecule has 0 amide bonds. The van der Waals surface area contributed by atoms with E-state index >= 15 is 0 Å². The number of hydrogen-bond donors (Lipinski definition) is 2. The topological polar surface area (TPSA) is 100 Å². The van der Waals surface area contributed by atoms with E-state index in [1.54, 1.807) is 4.52 Å². The lowest BCUT2D eigenvalue weighted by Crippen LogP contribution is -2.42. The lowest BCUT2D eigenvalue weighted by molar-refractivity contribution is 0.249. The Balaban J connectivity index is 1.51. The maximum absolute atomic E-state index is 6.17. The summed E-state index contributed by atoms with van der Waals surface area (Å²) in [5.41, 5.74) is 10.1. The van der Waals surface area contributed by atoms with Gasteiger partial charge in [0.1, 0.15) is 5.82 Å². The first-order valence-electron chi connectivity index (χ1n) is 12.0. The number of nitrogens with two attached hydrogens (primary N) is 1. The molecule has 1 aliphatic rings. The van der Waals surface area contributed by atoms with Crippen molar-refractivity contribution in [1.29, 1.82) is 0 Å². The van der Waals surface area contributed by atoms with Gasteiger partial charge in [0.25, 0.3) is 0 Å². The molecule has 3 N–H and O–H groups in total. The normalized spacial score (nSPS) is 16.0. The molecule has 0 unspecified atom stereocenters. The molecule has 178 valence electrons. The fraction of sp³-hybridized carbons (Fsp3) is 0.583. The van der Waals surface area contributed by atoms with Crippen molar-refractivity contribution in [3.05, 3.63) is 35.3 Å². The van der Waals surface area contributed by atoms with Crippen LogP contribution in [0.3, 0.4) is 0 Å². The van der Waals surface area contributed by atoms with Crippen molar-refractivity contribution in [3.8, 4) is 0 Å². The Morgan fingerprint density at radius 2 is 1.97 bits per heavy atom. The summed E-state index contributed by atoms with van der Waals surface area (Å²) in [4.78, 5) is 18.4. The molecule has 0 aliphatic carbocycles. The van der Waals surface area contributed by atoms with Crippen molar-refractivity contribution in [2.24, 2.45) is 0 Å². The molecule has 3 aromatic heterocycles. The first-order chi connectivity index (χ1) is 15.9. The third-order valence-corrected chi connectivity index (χ3v) is 6.54. The van der Waals surface area contributed by atoms with Gasteiger partial charge < -0.3 is 20.9 Å². The lowest BCUT2D eigenvalue weighted by atomic mass is 10.0. The van der Waals surface area contributed by atoms with Gasteiger partial charge in [0.15, 0.2) is 11.5 Å². The highest BCUT2D eigenvalue weighted by Gasteiger charge is 2.22. The van der Waals surface area contributed by atoms with Gasteiger partial charge in [0.05, 0.1) is 11.9 Å². The van der Waals surface area contributed by atoms with Gasteiger partial charge in [-0.05, 0) is 58.3 Å². The average Bonchev–Trinajstić information content (AvgIpc) is 3.17.